The molecule has 1 aromatic heterocycles. The summed E-state index contributed by atoms with van der Waals surface area (Å²) in [7, 11) is 0. The molecule has 154 valence electrons. The highest BCUT2D eigenvalue weighted by atomic mass is 35.5. The highest BCUT2D eigenvalue weighted by Gasteiger charge is 2.23. The van der Waals surface area contributed by atoms with Crippen molar-refractivity contribution in [3.63, 3.8) is 0 Å². The van der Waals surface area contributed by atoms with E-state index in [1.54, 1.807) is 18.3 Å². The second-order valence-electron chi connectivity index (χ2n) is 7.15. The predicted molar refractivity (Wildman–Crippen MR) is 113 cm³/mol. The summed E-state index contributed by atoms with van der Waals surface area (Å²) in [4.78, 5) is 17.8. The Balaban J connectivity index is 1.56. The molecule has 0 spiro atoms. The largest absolute Gasteiger partial charge is 0.488 e. The molecule has 0 aliphatic carbocycles. The zero-order chi connectivity index (χ0) is 21.1. The van der Waals surface area contributed by atoms with Crippen molar-refractivity contribution < 1.29 is 19.0 Å². The van der Waals surface area contributed by atoms with Gasteiger partial charge < -0.3 is 14.7 Å². The predicted octanol–water partition coefficient (Wildman–Crippen LogP) is 5.10. The Labute approximate surface area is 178 Å². The lowest BCUT2D eigenvalue weighted by atomic mass is 9.98. The number of nitrogens with zero attached hydrogens (tertiary/aromatic N) is 2. The number of rotatable bonds is 6. The first-order valence-corrected chi connectivity index (χ1v) is 10.0. The van der Waals surface area contributed by atoms with Crippen LogP contribution in [0.15, 0.2) is 54.9 Å². The second kappa shape index (κ2) is 8.71. The number of carboxylic acids is 1. The van der Waals surface area contributed by atoms with Crippen LogP contribution in [0.25, 0.3) is 0 Å². The standard InChI is InChI=1S/C23H20ClFN2O3/c24-17-8-7-16(20(25)10-17)14-30-22-6-2-1-4-15(22)13-27-9-3-5-18-19(23(28)29)11-26-12-21(18)27/h1-2,4,6-8,10-12H,3,5,9,13-14H2,(H,28,29). The van der Waals surface area contributed by atoms with E-state index in [4.69, 9.17) is 16.3 Å². The van der Waals surface area contributed by atoms with Gasteiger partial charge in [-0.2, -0.15) is 0 Å². The van der Waals surface area contributed by atoms with Crippen LogP contribution in [0.5, 0.6) is 5.75 Å². The number of aromatic nitrogens is 1. The Morgan fingerprint density at radius 2 is 2.03 bits per heavy atom. The van der Waals surface area contributed by atoms with E-state index in [0.29, 0.717) is 29.3 Å². The zero-order valence-electron chi connectivity index (χ0n) is 16.1. The number of para-hydroxylation sites is 1. The van der Waals surface area contributed by atoms with Crippen molar-refractivity contribution in [1.29, 1.82) is 0 Å². The molecule has 0 atom stereocenters. The van der Waals surface area contributed by atoms with E-state index < -0.39 is 11.8 Å². The number of halogens is 2. The molecule has 1 N–H and O–H groups in total. The number of fused-ring (bicyclic) bond motifs is 1. The highest BCUT2D eigenvalue weighted by molar-refractivity contribution is 6.30. The lowest BCUT2D eigenvalue weighted by molar-refractivity contribution is 0.0695. The molecular formula is C23H20ClFN2O3. The van der Waals surface area contributed by atoms with Crippen molar-refractivity contribution >= 4 is 23.3 Å². The van der Waals surface area contributed by atoms with Crippen LogP contribution in [0.3, 0.4) is 0 Å². The summed E-state index contributed by atoms with van der Waals surface area (Å²) in [6.45, 7) is 1.41. The Hall–Kier alpha value is -3.12. The van der Waals surface area contributed by atoms with Crippen LogP contribution in [0.1, 0.15) is 33.5 Å². The monoisotopic (exact) mass is 426 g/mol. The molecule has 2 aromatic carbocycles. The summed E-state index contributed by atoms with van der Waals surface area (Å²) in [6, 6.07) is 12.1. The molecule has 1 aliphatic heterocycles. The van der Waals surface area contributed by atoms with Gasteiger partial charge in [-0.05, 0) is 36.6 Å². The summed E-state index contributed by atoms with van der Waals surface area (Å²) in [5.41, 5.74) is 3.25. The highest BCUT2D eigenvalue weighted by Crippen LogP contribution is 2.32. The third-order valence-electron chi connectivity index (χ3n) is 5.19. The number of anilines is 1. The summed E-state index contributed by atoms with van der Waals surface area (Å²) < 4.78 is 20.0. The maximum Gasteiger partial charge on any atom is 0.337 e. The Kier molecular flexibility index (Phi) is 5.86. The van der Waals surface area contributed by atoms with E-state index in [-0.39, 0.29) is 12.2 Å². The zero-order valence-corrected chi connectivity index (χ0v) is 16.9. The van der Waals surface area contributed by atoms with Gasteiger partial charge in [0, 0.05) is 35.4 Å². The van der Waals surface area contributed by atoms with Crippen molar-refractivity contribution in [3.8, 4) is 5.75 Å². The Bertz CT molecular complexity index is 1090. The number of hydrogen-bond donors (Lipinski definition) is 1. The van der Waals surface area contributed by atoms with Crippen LogP contribution < -0.4 is 9.64 Å². The van der Waals surface area contributed by atoms with Gasteiger partial charge in [0.05, 0.1) is 17.4 Å². The topological polar surface area (TPSA) is 62.7 Å². The number of ether oxygens (including phenoxy) is 1. The quantitative estimate of drug-likeness (QED) is 0.593. The van der Waals surface area contributed by atoms with E-state index >= 15 is 0 Å². The average molecular weight is 427 g/mol. The van der Waals surface area contributed by atoms with Crippen LogP contribution in [-0.4, -0.2) is 22.6 Å². The van der Waals surface area contributed by atoms with Crippen LogP contribution in [-0.2, 0) is 19.6 Å². The lowest BCUT2D eigenvalue weighted by Crippen LogP contribution is -2.30. The second-order valence-corrected chi connectivity index (χ2v) is 7.58. The summed E-state index contributed by atoms with van der Waals surface area (Å²) >= 11 is 5.81. The fourth-order valence-electron chi connectivity index (χ4n) is 3.70. The minimum atomic E-state index is -0.963. The van der Waals surface area contributed by atoms with Gasteiger partial charge in [0.1, 0.15) is 18.2 Å². The number of aromatic carboxylic acids is 1. The molecule has 2 heterocycles. The SMILES string of the molecule is O=C(O)c1cncc2c1CCCN2Cc1ccccc1OCc1ccc(Cl)cc1F. The molecule has 5 nitrogen and oxygen atoms in total. The summed E-state index contributed by atoms with van der Waals surface area (Å²) in [5, 5.41) is 9.80. The summed E-state index contributed by atoms with van der Waals surface area (Å²) in [5.74, 6) is -0.714. The molecule has 0 unspecified atom stereocenters. The van der Waals surface area contributed by atoms with Crippen LogP contribution in [0.2, 0.25) is 5.02 Å². The smallest absolute Gasteiger partial charge is 0.337 e. The molecule has 0 radical (unpaired) electrons. The molecule has 3 aromatic rings. The molecule has 0 fully saturated rings. The van der Waals surface area contributed by atoms with Crippen molar-refractivity contribution in [2.45, 2.75) is 26.0 Å². The van der Waals surface area contributed by atoms with Crippen molar-refractivity contribution in [3.05, 3.63) is 88.0 Å². The average Bonchev–Trinajstić information content (AvgIpc) is 2.74. The lowest BCUT2D eigenvalue weighted by Gasteiger charge is -2.32. The van der Waals surface area contributed by atoms with Crippen molar-refractivity contribution in [2.75, 3.05) is 11.4 Å². The first-order chi connectivity index (χ1) is 14.5. The molecule has 4 rings (SSSR count). The molecule has 1 aliphatic rings. The van der Waals surface area contributed by atoms with E-state index in [1.165, 1.54) is 12.3 Å². The number of carbonyl (C=O) groups is 1. The number of pyridine rings is 1. The molecule has 30 heavy (non-hydrogen) atoms. The third-order valence-corrected chi connectivity index (χ3v) is 5.43. The first-order valence-electron chi connectivity index (χ1n) is 9.62. The first kappa shape index (κ1) is 20.2. The van der Waals surface area contributed by atoms with Gasteiger partial charge >= 0.3 is 5.97 Å². The van der Waals surface area contributed by atoms with Gasteiger partial charge in [0.2, 0.25) is 0 Å². The van der Waals surface area contributed by atoms with Gasteiger partial charge in [-0.25, -0.2) is 9.18 Å². The molecule has 7 heteroatoms. The Morgan fingerprint density at radius 3 is 2.83 bits per heavy atom. The fraction of sp³-hybridized carbons (Fsp3) is 0.217. The normalized spacial score (nSPS) is 13.1. The number of carboxylic acid groups (broad SMARTS) is 1. The maximum absolute atomic E-state index is 14.1. The maximum atomic E-state index is 14.1. The number of benzene rings is 2. The van der Waals surface area contributed by atoms with Crippen molar-refractivity contribution in [1.82, 2.24) is 4.98 Å². The van der Waals surface area contributed by atoms with E-state index in [1.807, 2.05) is 24.3 Å². The summed E-state index contributed by atoms with van der Waals surface area (Å²) in [6.07, 6.45) is 4.69. The van der Waals surface area contributed by atoms with Crippen LogP contribution in [0.4, 0.5) is 10.1 Å². The van der Waals surface area contributed by atoms with E-state index in [2.05, 4.69) is 9.88 Å². The fourth-order valence-corrected chi connectivity index (χ4v) is 3.86. The van der Waals surface area contributed by atoms with Gasteiger partial charge in [0.15, 0.2) is 0 Å². The molecule has 0 bridgehead atoms. The van der Waals surface area contributed by atoms with E-state index in [0.717, 1.165) is 29.8 Å². The van der Waals surface area contributed by atoms with Gasteiger partial charge in [-0.15, -0.1) is 0 Å². The van der Waals surface area contributed by atoms with E-state index in [9.17, 15) is 14.3 Å². The number of hydrogen-bond acceptors (Lipinski definition) is 4. The van der Waals surface area contributed by atoms with Crippen molar-refractivity contribution in [2.24, 2.45) is 0 Å². The van der Waals surface area contributed by atoms with Gasteiger partial charge in [-0.1, -0.05) is 35.9 Å². The Morgan fingerprint density at radius 1 is 1.20 bits per heavy atom. The van der Waals surface area contributed by atoms with Crippen LogP contribution >= 0.6 is 11.6 Å². The minimum Gasteiger partial charge on any atom is -0.488 e. The molecule has 0 saturated carbocycles. The molecular weight excluding hydrogens is 407 g/mol. The molecule has 0 amide bonds. The minimum absolute atomic E-state index is 0.0846. The van der Waals surface area contributed by atoms with Gasteiger partial charge in [0.25, 0.3) is 0 Å². The molecule has 0 saturated heterocycles. The van der Waals surface area contributed by atoms with Gasteiger partial charge in [-0.3, -0.25) is 4.98 Å². The van der Waals surface area contributed by atoms with Crippen LogP contribution in [0, 0.1) is 5.82 Å². The third kappa shape index (κ3) is 4.24.